The van der Waals surface area contributed by atoms with E-state index >= 15 is 0 Å². The molecule has 0 aliphatic rings. The van der Waals surface area contributed by atoms with Gasteiger partial charge in [-0.3, -0.25) is 0 Å². The monoisotopic (exact) mass is 300 g/mol. The molecule has 0 radical (unpaired) electrons. The number of thiazole rings is 1. The highest BCUT2D eigenvalue weighted by Gasteiger charge is 2.03. The Hall–Kier alpha value is -1.78. The molecule has 0 saturated heterocycles. The minimum Gasteiger partial charge on any atom is -0.313 e. The van der Waals surface area contributed by atoms with Crippen molar-refractivity contribution >= 4 is 21.6 Å². The Balaban J connectivity index is 1.45. The van der Waals surface area contributed by atoms with Crippen molar-refractivity contribution in [1.29, 1.82) is 0 Å². The maximum absolute atomic E-state index is 13.4. The molecule has 2 nitrogen and oxygen atoms in total. The predicted octanol–water partition coefficient (Wildman–Crippen LogP) is 4.16. The van der Waals surface area contributed by atoms with Crippen LogP contribution in [0.5, 0.6) is 0 Å². The molecule has 2 aromatic carbocycles. The molecule has 0 bridgehead atoms. The molecule has 4 heteroatoms. The average molecular weight is 300 g/mol. The van der Waals surface area contributed by atoms with Gasteiger partial charge < -0.3 is 5.32 Å². The summed E-state index contributed by atoms with van der Waals surface area (Å²) in [6.45, 7) is 1.44. The van der Waals surface area contributed by atoms with Gasteiger partial charge in [0.1, 0.15) is 5.82 Å². The second kappa shape index (κ2) is 6.78. The highest BCUT2D eigenvalue weighted by atomic mass is 32.1. The highest BCUT2D eigenvalue weighted by molar-refractivity contribution is 7.18. The lowest BCUT2D eigenvalue weighted by atomic mass is 10.2. The van der Waals surface area contributed by atoms with Crippen molar-refractivity contribution in [1.82, 2.24) is 10.3 Å². The minimum atomic E-state index is -0.142. The minimum absolute atomic E-state index is 0.142. The van der Waals surface area contributed by atoms with Crippen LogP contribution in [0, 0.1) is 5.82 Å². The second-order valence-electron chi connectivity index (χ2n) is 4.95. The Morgan fingerprint density at radius 1 is 1.05 bits per heavy atom. The molecule has 0 aliphatic carbocycles. The third-order valence-corrected chi connectivity index (χ3v) is 4.45. The number of halogens is 1. The number of rotatable bonds is 6. The number of aryl methyl sites for hydroxylation is 1. The van der Waals surface area contributed by atoms with Crippen LogP contribution in [0.15, 0.2) is 48.5 Å². The molecule has 3 rings (SSSR count). The Bertz CT molecular complexity index is 690. The van der Waals surface area contributed by atoms with Crippen LogP contribution in [0.3, 0.4) is 0 Å². The van der Waals surface area contributed by atoms with Crippen molar-refractivity contribution in [2.75, 3.05) is 6.54 Å². The van der Waals surface area contributed by atoms with Crippen LogP contribution >= 0.6 is 11.3 Å². The number of para-hydroxylation sites is 1. The number of hydrogen-bond acceptors (Lipinski definition) is 3. The van der Waals surface area contributed by atoms with Gasteiger partial charge >= 0.3 is 0 Å². The van der Waals surface area contributed by atoms with E-state index in [4.69, 9.17) is 0 Å². The molecule has 0 fully saturated rings. The van der Waals surface area contributed by atoms with E-state index in [1.54, 1.807) is 17.4 Å². The lowest BCUT2D eigenvalue weighted by Gasteiger charge is -2.05. The van der Waals surface area contributed by atoms with E-state index in [1.807, 2.05) is 30.3 Å². The van der Waals surface area contributed by atoms with Crippen LogP contribution in [0.4, 0.5) is 4.39 Å². The third-order valence-electron chi connectivity index (χ3n) is 3.36. The summed E-state index contributed by atoms with van der Waals surface area (Å²) in [6.07, 6.45) is 1.97. The maximum Gasteiger partial charge on any atom is 0.127 e. The van der Waals surface area contributed by atoms with Crippen LogP contribution in [0.1, 0.15) is 17.0 Å². The summed E-state index contributed by atoms with van der Waals surface area (Å²) in [4.78, 5) is 4.61. The van der Waals surface area contributed by atoms with Crippen LogP contribution in [0.25, 0.3) is 10.2 Å². The molecular weight excluding hydrogens is 283 g/mol. The van der Waals surface area contributed by atoms with Gasteiger partial charge in [0.05, 0.1) is 15.2 Å². The summed E-state index contributed by atoms with van der Waals surface area (Å²) in [5.41, 5.74) is 1.80. The lowest BCUT2D eigenvalue weighted by molar-refractivity contribution is 0.581. The van der Waals surface area contributed by atoms with Gasteiger partial charge in [-0.15, -0.1) is 11.3 Å². The predicted molar refractivity (Wildman–Crippen MR) is 86.0 cm³/mol. The zero-order chi connectivity index (χ0) is 14.5. The SMILES string of the molecule is Fc1ccccc1CNCCCc1nc2ccccc2s1. The van der Waals surface area contributed by atoms with Crippen molar-refractivity contribution < 1.29 is 4.39 Å². The Morgan fingerprint density at radius 2 is 1.86 bits per heavy atom. The second-order valence-corrected chi connectivity index (χ2v) is 6.06. The lowest BCUT2D eigenvalue weighted by Crippen LogP contribution is -2.16. The standard InChI is InChI=1S/C17H17FN2S/c18-14-7-2-1-6-13(14)12-19-11-5-10-17-20-15-8-3-4-9-16(15)21-17/h1-4,6-9,19H,5,10-12H2. The molecule has 0 saturated carbocycles. The zero-order valence-electron chi connectivity index (χ0n) is 11.7. The molecule has 0 unspecified atom stereocenters. The summed E-state index contributed by atoms with van der Waals surface area (Å²) >= 11 is 1.76. The van der Waals surface area contributed by atoms with E-state index in [0.29, 0.717) is 6.54 Å². The van der Waals surface area contributed by atoms with Gasteiger partial charge in [0.15, 0.2) is 0 Å². The van der Waals surface area contributed by atoms with E-state index < -0.39 is 0 Å². The fraction of sp³-hybridized carbons (Fsp3) is 0.235. The van der Waals surface area contributed by atoms with Crippen LogP contribution in [-0.4, -0.2) is 11.5 Å². The largest absolute Gasteiger partial charge is 0.313 e. The number of benzene rings is 2. The molecule has 1 heterocycles. The zero-order valence-corrected chi connectivity index (χ0v) is 12.5. The Kier molecular flexibility index (Phi) is 4.58. The van der Waals surface area contributed by atoms with E-state index in [1.165, 1.54) is 15.8 Å². The summed E-state index contributed by atoms with van der Waals surface area (Å²) < 4.78 is 14.7. The Labute approximate surface area is 127 Å². The molecule has 0 amide bonds. The number of nitrogens with one attached hydrogen (secondary N) is 1. The molecular formula is C17H17FN2S. The first-order valence-corrected chi connectivity index (χ1v) is 7.93. The van der Waals surface area contributed by atoms with Crippen molar-refractivity contribution in [3.8, 4) is 0 Å². The molecule has 0 atom stereocenters. The van der Waals surface area contributed by atoms with Crippen molar-refractivity contribution in [2.24, 2.45) is 0 Å². The molecule has 0 aliphatic heterocycles. The molecule has 1 aromatic heterocycles. The van der Waals surface area contributed by atoms with Gasteiger partial charge in [-0.05, 0) is 31.2 Å². The highest BCUT2D eigenvalue weighted by Crippen LogP contribution is 2.22. The molecule has 0 spiro atoms. The first kappa shape index (κ1) is 14.2. The molecule has 3 aromatic rings. The van der Waals surface area contributed by atoms with E-state index in [-0.39, 0.29) is 5.82 Å². The Morgan fingerprint density at radius 3 is 2.71 bits per heavy atom. The smallest absolute Gasteiger partial charge is 0.127 e. The maximum atomic E-state index is 13.4. The number of hydrogen-bond donors (Lipinski definition) is 1. The quantitative estimate of drug-likeness (QED) is 0.692. The van der Waals surface area contributed by atoms with Crippen LogP contribution < -0.4 is 5.32 Å². The normalized spacial score (nSPS) is 11.1. The average Bonchev–Trinajstić information content (AvgIpc) is 2.91. The number of nitrogens with zero attached hydrogens (tertiary/aromatic N) is 1. The van der Waals surface area contributed by atoms with Crippen molar-refractivity contribution in [2.45, 2.75) is 19.4 Å². The third kappa shape index (κ3) is 3.65. The van der Waals surface area contributed by atoms with Crippen molar-refractivity contribution in [3.63, 3.8) is 0 Å². The first-order valence-electron chi connectivity index (χ1n) is 7.11. The molecule has 108 valence electrons. The number of aromatic nitrogens is 1. The van der Waals surface area contributed by atoms with Gasteiger partial charge in [0.2, 0.25) is 0 Å². The molecule has 21 heavy (non-hydrogen) atoms. The first-order chi connectivity index (χ1) is 10.3. The van der Waals surface area contributed by atoms with E-state index in [2.05, 4.69) is 16.4 Å². The summed E-state index contributed by atoms with van der Waals surface area (Å²) in [6, 6.07) is 15.1. The summed E-state index contributed by atoms with van der Waals surface area (Å²) in [5, 5.41) is 4.45. The fourth-order valence-corrected chi connectivity index (χ4v) is 3.27. The summed E-state index contributed by atoms with van der Waals surface area (Å²) in [5.74, 6) is -0.142. The van der Waals surface area contributed by atoms with Crippen LogP contribution in [-0.2, 0) is 13.0 Å². The van der Waals surface area contributed by atoms with Gasteiger partial charge in [0, 0.05) is 18.5 Å². The topological polar surface area (TPSA) is 24.9 Å². The molecule has 1 N–H and O–H groups in total. The number of fused-ring (bicyclic) bond motifs is 1. The van der Waals surface area contributed by atoms with Crippen LogP contribution in [0.2, 0.25) is 0 Å². The van der Waals surface area contributed by atoms with Gasteiger partial charge in [0.25, 0.3) is 0 Å². The van der Waals surface area contributed by atoms with Gasteiger partial charge in [-0.25, -0.2) is 9.37 Å². The van der Waals surface area contributed by atoms with Crippen molar-refractivity contribution in [3.05, 3.63) is 64.9 Å². The fourth-order valence-electron chi connectivity index (χ4n) is 2.26. The van der Waals surface area contributed by atoms with E-state index in [9.17, 15) is 4.39 Å². The van der Waals surface area contributed by atoms with Gasteiger partial charge in [-0.2, -0.15) is 0 Å². The van der Waals surface area contributed by atoms with E-state index in [0.717, 1.165) is 30.5 Å². The van der Waals surface area contributed by atoms with Gasteiger partial charge in [-0.1, -0.05) is 30.3 Å². The summed E-state index contributed by atoms with van der Waals surface area (Å²) in [7, 11) is 0.